The summed E-state index contributed by atoms with van der Waals surface area (Å²) in [4.78, 5) is 39.4. The number of rotatable bonds is 8. The molecule has 0 radical (unpaired) electrons. The van der Waals surface area contributed by atoms with E-state index in [-0.39, 0.29) is 23.7 Å². The molecule has 194 valence electrons. The number of halogens is 1. The largest absolute Gasteiger partial charge is 0.497 e. The Hall–Kier alpha value is -4.92. The fourth-order valence-electron chi connectivity index (χ4n) is 3.93. The highest BCUT2D eigenvalue weighted by molar-refractivity contribution is 6.23. The number of ether oxygens (including phenoxy) is 3. The van der Waals surface area contributed by atoms with E-state index in [0.29, 0.717) is 34.1 Å². The molecule has 0 atom stereocenters. The van der Waals surface area contributed by atoms with Crippen molar-refractivity contribution in [3.05, 3.63) is 101 Å². The van der Waals surface area contributed by atoms with Gasteiger partial charge in [0, 0.05) is 17.1 Å². The van der Waals surface area contributed by atoms with Crippen LogP contribution < -0.4 is 19.7 Å². The number of allylic oxidation sites excluding steroid dienone is 1. The van der Waals surface area contributed by atoms with E-state index in [1.54, 1.807) is 68.6 Å². The van der Waals surface area contributed by atoms with E-state index in [2.05, 4.69) is 5.32 Å². The maximum atomic E-state index is 13.4. The van der Waals surface area contributed by atoms with Crippen molar-refractivity contribution in [3.63, 3.8) is 0 Å². The van der Waals surface area contributed by atoms with Crippen LogP contribution in [0, 0.1) is 5.82 Å². The molecule has 1 aliphatic rings. The first-order chi connectivity index (χ1) is 18.3. The second-order valence-electron chi connectivity index (χ2n) is 8.26. The number of esters is 1. The lowest BCUT2D eigenvalue weighted by atomic mass is 10.0. The van der Waals surface area contributed by atoms with Crippen LogP contribution in [0.25, 0.3) is 6.08 Å². The first-order valence-corrected chi connectivity index (χ1v) is 11.6. The highest BCUT2D eigenvalue weighted by atomic mass is 19.1. The Bertz CT molecular complexity index is 1410. The summed E-state index contributed by atoms with van der Waals surface area (Å²) in [7, 11) is 2.80. The molecule has 1 heterocycles. The second kappa shape index (κ2) is 11.4. The van der Waals surface area contributed by atoms with Crippen LogP contribution in [0.3, 0.4) is 0 Å². The summed E-state index contributed by atoms with van der Waals surface area (Å²) in [5.74, 6) is -0.739. The Balaban J connectivity index is 1.47. The molecule has 2 amide bonds. The lowest BCUT2D eigenvalue weighted by Gasteiger charge is -2.17. The topological polar surface area (TPSA) is 94.2 Å². The molecular formula is C29H25FN2O6. The summed E-state index contributed by atoms with van der Waals surface area (Å²) in [5.41, 5.74) is 2.31. The lowest BCUT2D eigenvalue weighted by molar-refractivity contribution is -0.136. The number of anilines is 2. The fourth-order valence-corrected chi connectivity index (χ4v) is 3.93. The van der Waals surface area contributed by atoms with Crippen molar-refractivity contribution in [2.75, 3.05) is 31.0 Å². The first-order valence-electron chi connectivity index (χ1n) is 11.6. The average Bonchev–Trinajstić information content (AvgIpc) is 3.17. The van der Waals surface area contributed by atoms with Gasteiger partial charge in [-0.15, -0.1) is 0 Å². The van der Waals surface area contributed by atoms with Crippen LogP contribution in [0.1, 0.15) is 12.5 Å². The molecule has 3 aromatic rings. The maximum absolute atomic E-state index is 13.4. The third-order valence-electron chi connectivity index (χ3n) is 5.81. The number of benzene rings is 3. The molecule has 0 unspecified atom stereocenters. The van der Waals surface area contributed by atoms with Crippen LogP contribution in [0.2, 0.25) is 0 Å². The monoisotopic (exact) mass is 516 g/mol. The first kappa shape index (κ1) is 26.2. The summed E-state index contributed by atoms with van der Waals surface area (Å²) in [6.07, 6.45) is 1.57. The number of nitrogens with one attached hydrogen (secondary N) is 1. The van der Waals surface area contributed by atoms with Crippen molar-refractivity contribution in [3.8, 4) is 11.5 Å². The van der Waals surface area contributed by atoms with Gasteiger partial charge in [-0.1, -0.05) is 12.1 Å². The summed E-state index contributed by atoms with van der Waals surface area (Å²) < 4.78 is 29.0. The van der Waals surface area contributed by atoms with Crippen molar-refractivity contribution in [2.24, 2.45) is 0 Å². The molecule has 0 bridgehead atoms. The molecule has 0 spiro atoms. The van der Waals surface area contributed by atoms with Crippen LogP contribution in [-0.2, 0) is 19.1 Å². The van der Waals surface area contributed by atoms with Crippen molar-refractivity contribution in [1.29, 1.82) is 0 Å². The van der Waals surface area contributed by atoms with Gasteiger partial charge in [-0.3, -0.25) is 14.5 Å². The highest BCUT2D eigenvalue weighted by Gasteiger charge is 2.37. The van der Waals surface area contributed by atoms with Crippen LogP contribution in [0.15, 0.2) is 89.6 Å². The van der Waals surface area contributed by atoms with Crippen LogP contribution in [0.5, 0.6) is 11.5 Å². The standard InChI is InChI=1S/C29H25FN2O6/c1-18-27(29(35)37-3)25(28(34)32(18)22-10-6-20(30)7-11-22)16-19-4-12-24(13-5-19)38-17-26(33)31-21-8-14-23(36-2)15-9-21/h4-16H,17H2,1-3H3,(H,31,33)/b25-16-. The normalized spacial score (nSPS) is 14.1. The Morgan fingerprint density at radius 3 is 2.16 bits per heavy atom. The molecule has 9 heteroatoms. The Labute approximate surface area is 218 Å². The number of nitrogens with zero attached hydrogens (tertiary/aromatic N) is 1. The average molecular weight is 517 g/mol. The van der Waals surface area contributed by atoms with E-state index in [1.165, 1.54) is 36.3 Å². The third-order valence-corrected chi connectivity index (χ3v) is 5.81. The fraction of sp³-hybridized carbons (Fsp3) is 0.138. The molecule has 38 heavy (non-hydrogen) atoms. The number of hydrogen-bond acceptors (Lipinski definition) is 6. The van der Waals surface area contributed by atoms with Gasteiger partial charge < -0.3 is 19.5 Å². The van der Waals surface area contributed by atoms with Gasteiger partial charge in [0.25, 0.3) is 11.8 Å². The number of hydrogen-bond donors (Lipinski definition) is 1. The smallest absolute Gasteiger partial charge is 0.340 e. The summed E-state index contributed by atoms with van der Waals surface area (Å²) >= 11 is 0. The van der Waals surface area contributed by atoms with Crippen molar-refractivity contribution in [2.45, 2.75) is 6.92 Å². The number of carbonyl (C=O) groups is 3. The number of carbonyl (C=O) groups excluding carboxylic acids is 3. The molecule has 1 aliphatic heterocycles. The predicted octanol–water partition coefficient (Wildman–Crippen LogP) is 4.73. The molecule has 0 aromatic heterocycles. The van der Waals surface area contributed by atoms with Crippen molar-refractivity contribution < 1.29 is 33.0 Å². The minimum Gasteiger partial charge on any atom is -0.497 e. The van der Waals surface area contributed by atoms with Crippen LogP contribution in [-0.4, -0.2) is 38.6 Å². The molecule has 3 aromatic carbocycles. The molecule has 0 fully saturated rings. The molecule has 8 nitrogen and oxygen atoms in total. The van der Waals surface area contributed by atoms with Crippen LogP contribution >= 0.6 is 0 Å². The molecular weight excluding hydrogens is 491 g/mol. The van der Waals surface area contributed by atoms with E-state index >= 15 is 0 Å². The summed E-state index contributed by atoms with van der Waals surface area (Å²) in [6.45, 7) is 1.42. The Kier molecular flexibility index (Phi) is 7.86. The van der Waals surface area contributed by atoms with Gasteiger partial charge in [-0.05, 0) is 79.2 Å². The van der Waals surface area contributed by atoms with E-state index in [0.717, 1.165) is 0 Å². The molecule has 4 rings (SSSR count). The predicted molar refractivity (Wildman–Crippen MR) is 140 cm³/mol. The van der Waals surface area contributed by atoms with Crippen LogP contribution in [0.4, 0.5) is 15.8 Å². The SMILES string of the molecule is COC(=O)C1=C(C)N(c2ccc(F)cc2)C(=O)/C1=C\c1ccc(OCC(=O)Nc2ccc(OC)cc2)cc1. The zero-order valence-corrected chi connectivity index (χ0v) is 21.0. The maximum Gasteiger partial charge on any atom is 0.340 e. The Morgan fingerprint density at radius 2 is 1.55 bits per heavy atom. The molecule has 0 aliphatic carbocycles. The number of amides is 2. The quantitative estimate of drug-likeness (QED) is 0.344. The minimum absolute atomic E-state index is 0.123. The van der Waals surface area contributed by atoms with E-state index in [9.17, 15) is 18.8 Å². The van der Waals surface area contributed by atoms with E-state index in [1.807, 2.05) is 0 Å². The minimum atomic E-state index is -0.658. The van der Waals surface area contributed by atoms with Gasteiger partial charge in [0.15, 0.2) is 6.61 Å². The van der Waals surface area contributed by atoms with Gasteiger partial charge in [-0.2, -0.15) is 0 Å². The zero-order chi connectivity index (χ0) is 27.2. The highest BCUT2D eigenvalue weighted by Crippen LogP contribution is 2.35. The molecule has 0 saturated carbocycles. The van der Waals surface area contributed by atoms with Gasteiger partial charge >= 0.3 is 5.97 Å². The van der Waals surface area contributed by atoms with Gasteiger partial charge in [0.2, 0.25) is 0 Å². The van der Waals surface area contributed by atoms with Crippen molar-refractivity contribution >= 4 is 35.2 Å². The van der Waals surface area contributed by atoms with Crippen molar-refractivity contribution in [1.82, 2.24) is 0 Å². The van der Waals surface area contributed by atoms with Gasteiger partial charge in [0.1, 0.15) is 17.3 Å². The lowest BCUT2D eigenvalue weighted by Crippen LogP contribution is -2.24. The zero-order valence-electron chi connectivity index (χ0n) is 21.0. The number of methoxy groups -OCH3 is 2. The molecule has 0 saturated heterocycles. The van der Waals surface area contributed by atoms with Gasteiger partial charge in [0.05, 0.1) is 25.4 Å². The van der Waals surface area contributed by atoms with Gasteiger partial charge in [-0.25, -0.2) is 9.18 Å². The molecule has 1 N–H and O–H groups in total. The summed E-state index contributed by atoms with van der Waals surface area (Å²) in [6, 6.07) is 19.0. The summed E-state index contributed by atoms with van der Waals surface area (Å²) in [5, 5.41) is 2.73. The van der Waals surface area contributed by atoms with E-state index in [4.69, 9.17) is 14.2 Å². The third kappa shape index (κ3) is 5.73. The Morgan fingerprint density at radius 1 is 0.921 bits per heavy atom. The second-order valence-corrected chi connectivity index (χ2v) is 8.26. The van der Waals surface area contributed by atoms with E-state index < -0.39 is 17.7 Å².